The molecule has 0 aliphatic carbocycles. The molecule has 23 heavy (non-hydrogen) atoms. The number of carbonyl (C=O) groups is 2. The van der Waals surface area contributed by atoms with Crippen molar-refractivity contribution >= 4 is 22.8 Å². The van der Waals surface area contributed by atoms with E-state index >= 15 is 0 Å². The van der Waals surface area contributed by atoms with E-state index in [1.807, 2.05) is 31.2 Å². The van der Waals surface area contributed by atoms with Gasteiger partial charge in [-0.3, -0.25) is 9.59 Å². The monoisotopic (exact) mass is 316 g/mol. The molecule has 2 amide bonds. The fourth-order valence-electron chi connectivity index (χ4n) is 2.84. The predicted molar refractivity (Wildman–Crippen MR) is 85.0 cm³/mol. The van der Waals surface area contributed by atoms with Crippen LogP contribution in [0.25, 0.3) is 11.0 Å². The Morgan fingerprint density at radius 2 is 2.22 bits per heavy atom. The van der Waals surface area contributed by atoms with E-state index in [0.717, 1.165) is 11.0 Å². The van der Waals surface area contributed by atoms with E-state index in [-0.39, 0.29) is 18.4 Å². The van der Waals surface area contributed by atoms with E-state index in [4.69, 9.17) is 9.15 Å². The third-order valence-corrected chi connectivity index (χ3v) is 4.36. The summed E-state index contributed by atoms with van der Waals surface area (Å²) in [4.78, 5) is 23.7. The fraction of sp³-hybridized carbons (Fsp3) is 0.412. The maximum Gasteiger partial charge on any atom is 0.228 e. The second-order valence-electron chi connectivity index (χ2n) is 6.07. The van der Waals surface area contributed by atoms with Crippen LogP contribution in [0, 0.1) is 5.41 Å². The molecule has 1 atom stereocenters. The topological polar surface area (TPSA) is 80.6 Å². The Labute approximate surface area is 134 Å². The normalized spacial score (nSPS) is 21.0. The summed E-state index contributed by atoms with van der Waals surface area (Å²) >= 11 is 0. The summed E-state index contributed by atoms with van der Waals surface area (Å²) in [6.07, 6.45) is 0.916. The molecule has 1 fully saturated rings. The van der Waals surface area contributed by atoms with Gasteiger partial charge in [0.1, 0.15) is 5.58 Å². The minimum absolute atomic E-state index is 0.00534. The molecule has 0 bridgehead atoms. The Morgan fingerprint density at radius 3 is 2.91 bits per heavy atom. The number of ether oxygens (including phenoxy) is 1. The fourth-order valence-corrected chi connectivity index (χ4v) is 2.84. The summed E-state index contributed by atoms with van der Waals surface area (Å²) in [6, 6.07) is 7.58. The zero-order valence-corrected chi connectivity index (χ0v) is 13.3. The number of rotatable bonds is 4. The third-order valence-electron chi connectivity index (χ3n) is 4.36. The van der Waals surface area contributed by atoms with Crippen molar-refractivity contribution in [3.8, 4) is 5.75 Å². The van der Waals surface area contributed by atoms with Gasteiger partial charge >= 0.3 is 0 Å². The number of hydrogen-bond donors (Lipinski definition) is 2. The second kappa shape index (κ2) is 5.95. The van der Waals surface area contributed by atoms with E-state index in [0.29, 0.717) is 30.9 Å². The van der Waals surface area contributed by atoms with Gasteiger partial charge in [0, 0.05) is 13.0 Å². The lowest BCUT2D eigenvalue weighted by molar-refractivity contribution is -0.134. The highest BCUT2D eigenvalue weighted by Crippen LogP contribution is 2.33. The van der Waals surface area contributed by atoms with Crippen LogP contribution in [0.2, 0.25) is 0 Å². The number of methoxy groups -OCH3 is 1. The number of carbonyl (C=O) groups excluding carboxylic acids is 2. The van der Waals surface area contributed by atoms with Gasteiger partial charge in [-0.05, 0) is 25.5 Å². The van der Waals surface area contributed by atoms with Crippen molar-refractivity contribution in [1.82, 2.24) is 10.6 Å². The molecule has 3 rings (SSSR count). The van der Waals surface area contributed by atoms with Gasteiger partial charge in [-0.25, -0.2) is 0 Å². The molecule has 0 saturated carbocycles. The first-order valence-electron chi connectivity index (χ1n) is 7.63. The minimum atomic E-state index is -0.590. The molecule has 1 aromatic carbocycles. The lowest BCUT2D eigenvalue weighted by Gasteiger charge is -2.32. The van der Waals surface area contributed by atoms with Crippen LogP contribution in [-0.4, -0.2) is 25.5 Å². The van der Waals surface area contributed by atoms with Crippen LogP contribution in [0.4, 0.5) is 0 Å². The zero-order chi connectivity index (χ0) is 16.4. The zero-order valence-electron chi connectivity index (χ0n) is 13.3. The van der Waals surface area contributed by atoms with Gasteiger partial charge in [-0.15, -0.1) is 0 Å². The van der Waals surface area contributed by atoms with Crippen molar-refractivity contribution in [3.63, 3.8) is 0 Å². The van der Waals surface area contributed by atoms with Gasteiger partial charge in [0.05, 0.1) is 24.5 Å². The average Bonchev–Trinajstić information content (AvgIpc) is 2.93. The van der Waals surface area contributed by atoms with Crippen molar-refractivity contribution < 1.29 is 18.7 Å². The van der Waals surface area contributed by atoms with E-state index < -0.39 is 5.41 Å². The van der Waals surface area contributed by atoms with Gasteiger partial charge in [-0.2, -0.15) is 0 Å². The molecule has 0 spiro atoms. The average molecular weight is 316 g/mol. The minimum Gasteiger partial charge on any atom is -0.492 e. The van der Waals surface area contributed by atoms with Gasteiger partial charge in [0.2, 0.25) is 11.8 Å². The Bertz CT molecular complexity index is 740. The summed E-state index contributed by atoms with van der Waals surface area (Å²) in [5, 5.41) is 6.53. The Morgan fingerprint density at radius 1 is 1.43 bits per heavy atom. The van der Waals surface area contributed by atoms with E-state index in [9.17, 15) is 9.59 Å². The van der Waals surface area contributed by atoms with E-state index in [1.165, 1.54) is 0 Å². The molecule has 1 unspecified atom stereocenters. The lowest BCUT2D eigenvalue weighted by Crippen LogP contribution is -2.50. The SMILES string of the molecule is COc1c(CNC(=O)C2(C)CCC(=O)NC2)oc2ccccc12. The number of para-hydroxylation sites is 1. The molecule has 2 N–H and O–H groups in total. The summed E-state index contributed by atoms with van der Waals surface area (Å²) in [5.41, 5.74) is 0.136. The summed E-state index contributed by atoms with van der Waals surface area (Å²) < 4.78 is 11.2. The van der Waals surface area contributed by atoms with Crippen molar-refractivity contribution in [1.29, 1.82) is 0 Å². The quantitative estimate of drug-likeness (QED) is 0.904. The number of amides is 2. The smallest absolute Gasteiger partial charge is 0.228 e. The van der Waals surface area contributed by atoms with Crippen molar-refractivity contribution in [2.45, 2.75) is 26.3 Å². The molecule has 2 heterocycles. The second-order valence-corrected chi connectivity index (χ2v) is 6.07. The van der Waals surface area contributed by atoms with Crippen LogP contribution in [0.3, 0.4) is 0 Å². The molecule has 6 heteroatoms. The number of benzene rings is 1. The van der Waals surface area contributed by atoms with Crippen LogP contribution in [0.15, 0.2) is 28.7 Å². The van der Waals surface area contributed by atoms with Crippen LogP contribution < -0.4 is 15.4 Å². The Hall–Kier alpha value is -2.50. The van der Waals surface area contributed by atoms with Gasteiger partial charge in [0.25, 0.3) is 0 Å². The van der Waals surface area contributed by atoms with Gasteiger partial charge in [-0.1, -0.05) is 12.1 Å². The molecule has 1 aromatic heterocycles. The lowest BCUT2D eigenvalue weighted by atomic mass is 9.81. The van der Waals surface area contributed by atoms with Gasteiger partial charge in [0.15, 0.2) is 11.5 Å². The molecular formula is C17H20N2O4. The molecular weight excluding hydrogens is 296 g/mol. The molecule has 0 radical (unpaired) electrons. The first kappa shape index (κ1) is 15.4. The van der Waals surface area contributed by atoms with E-state index in [2.05, 4.69) is 10.6 Å². The first-order chi connectivity index (χ1) is 11.0. The highest BCUT2D eigenvalue weighted by molar-refractivity contribution is 5.87. The van der Waals surface area contributed by atoms with Crippen molar-refractivity contribution in [2.24, 2.45) is 5.41 Å². The highest BCUT2D eigenvalue weighted by Gasteiger charge is 2.37. The maximum absolute atomic E-state index is 12.5. The summed E-state index contributed by atoms with van der Waals surface area (Å²) in [5.74, 6) is 1.13. The Balaban J connectivity index is 1.73. The molecule has 122 valence electrons. The number of hydrogen-bond acceptors (Lipinski definition) is 4. The molecule has 6 nitrogen and oxygen atoms in total. The van der Waals surface area contributed by atoms with Crippen molar-refractivity contribution in [2.75, 3.05) is 13.7 Å². The molecule has 2 aromatic rings. The van der Waals surface area contributed by atoms with Crippen LogP contribution in [0.1, 0.15) is 25.5 Å². The number of nitrogens with one attached hydrogen (secondary N) is 2. The largest absolute Gasteiger partial charge is 0.492 e. The number of furan rings is 1. The van der Waals surface area contributed by atoms with Crippen LogP contribution >= 0.6 is 0 Å². The van der Waals surface area contributed by atoms with E-state index in [1.54, 1.807) is 7.11 Å². The predicted octanol–water partition coefficient (Wildman–Crippen LogP) is 1.97. The number of piperidine rings is 1. The standard InChI is InChI=1S/C17H20N2O4/c1-17(8-7-14(20)19-10-17)16(21)18-9-13-15(22-2)11-5-3-4-6-12(11)23-13/h3-6H,7-10H2,1-2H3,(H,18,21)(H,19,20). The molecule has 1 aliphatic rings. The van der Waals surface area contributed by atoms with Gasteiger partial charge < -0.3 is 19.8 Å². The van der Waals surface area contributed by atoms with Crippen LogP contribution in [0.5, 0.6) is 5.75 Å². The molecule has 1 saturated heterocycles. The maximum atomic E-state index is 12.5. The molecule has 1 aliphatic heterocycles. The Kier molecular flexibility index (Phi) is 3.98. The summed E-state index contributed by atoms with van der Waals surface area (Å²) in [6.45, 7) is 2.47. The summed E-state index contributed by atoms with van der Waals surface area (Å²) in [7, 11) is 1.58. The van der Waals surface area contributed by atoms with Crippen molar-refractivity contribution in [3.05, 3.63) is 30.0 Å². The number of fused-ring (bicyclic) bond motifs is 1. The van der Waals surface area contributed by atoms with Crippen LogP contribution in [-0.2, 0) is 16.1 Å². The third kappa shape index (κ3) is 2.88. The first-order valence-corrected chi connectivity index (χ1v) is 7.63. The highest BCUT2D eigenvalue weighted by atomic mass is 16.5.